The van der Waals surface area contributed by atoms with Gasteiger partial charge in [0.2, 0.25) is 0 Å². The summed E-state index contributed by atoms with van der Waals surface area (Å²) in [5.74, 6) is -0.621. The molecule has 26 heavy (non-hydrogen) atoms. The van der Waals surface area contributed by atoms with E-state index in [1.807, 2.05) is 0 Å². The normalized spacial score (nSPS) is 41.0. The molecule has 2 saturated carbocycles. The molecule has 1 aliphatic heterocycles. The molecule has 0 aromatic carbocycles. The lowest BCUT2D eigenvalue weighted by Crippen LogP contribution is -2.36. The monoisotopic (exact) mass is 383 g/mol. The highest BCUT2D eigenvalue weighted by Gasteiger charge is 2.63. The van der Waals surface area contributed by atoms with Crippen molar-refractivity contribution >= 4 is 22.1 Å². The van der Waals surface area contributed by atoms with Crippen molar-refractivity contribution < 1.29 is 32.0 Å². The minimum Gasteiger partial charge on any atom is -0.748 e. The van der Waals surface area contributed by atoms with Gasteiger partial charge in [0.1, 0.15) is 12.2 Å². The maximum absolute atomic E-state index is 12.5. The summed E-state index contributed by atoms with van der Waals surface area (Å²) in [4.78, 5) is 24.2. The molecule has 7 nitrogen and oxygen atoms in total. The third-order valence-electron chi connectivity index (χ3n) is 6.95. The van der Waals surface area contributed by atoms with Crippen molar-refractivity contribution in [3.63, 3.8) is 0 Å². The van der Waals surface area contributed by atoms with Gasteiger partial charge < -0.3 is 14.0 Å². The third-order valence-corrected chi connectivity index (χ3v) is 7.94. The zero-order valence-electron chi connectivity index (χ0n) is 14.9. The molecule has 8 heteroatoms. The Bertz CT molecular complexity index is 798. The molecule has 1 heterocycles. The second-order valence-electron chi connectivity index (χ2n) is 8.53. The Labute approximate surface area is 152 Å². The molecule has 0 N–H and O–H groups in total. The fourth-order valence-electron chi connectivity index (χ4n) is 5.45. The number of hydrogen-bond donors (Lipinski definition) is 0. The number of allylic oxidation sites excluding steroid dienone is 1. The summed E-state index contributed by atoms with van der Waals surface area (Å²) in [6, 6.07) is 0. The van der Waals surface area contributed by atoms with Crippen LogP contribution in [0.25, 0.3) is 0 Å². The van der Waals surface area contributed by atoms with Crippen molar-refractivity contribution in [2.45, 2.75) is 58.2 Å². The van der Waals surface area contributed by atoms with Crippen LogP contribution < -0.4 is 0 Å². The van der Waals surface area contributed by atoms with E-state index in [1.165, 1.54) is 0 Å². The van der Waals surface area contributed by atoms with Crippen molar-refractivity contribution in [1.82, 2.24) is 0 Å². The fraction of sp³-hybridized carbons (Fsp3) is 0.778. The number of carbonyl (C=O) groups is 2. The van der Waals surface area contributed by atoms with Gasteiger partial charge in [-0.2, -0.15) is 0 Å². The first-order chi connectivity index (χ1) is 12.1. The van der Waals surface area contributed by atoms with Gasteiger partial charge in [0.15, 0.2) is 0 Å². The first-order valence-corrected chi connectivity index (χ1v) is 10.7. The van der Waals surface area contributed by atoms with Crippen molar-refractivity contribution in [1.29, 1.82) is 0 Å². The molecule has 3 aliphatic carbocycles. The van der Waals surface area contributed by atoms with Gasteiger partial charge in [-0.05, 0) is 32.6 Å². The molecular weight excluding hydrogens is 360 g/mol. The smallest absolute Gasteiger partial charge is 0.310 e. The summed E-state index contributed by atoms with van der Waals surface area (Å²) < 4.78 is 44.6. The summed E-state index contributed by atoms with van der Waals surface area (Å²) in [5.41, 5.74) is 0.941. The fourth-order valence-corrected chi connectivity index (χ4v) is 6.59. The standard InChI is InChI=1S/C18H24O7S/c1-9-10(3-4-18(9,2)8-26(21,22)23)7-14(19)24-15-11-5-12-13(6-11)17(20)25-16(12)15/h11-13,15-16H,3-8H2,1-2H3,(H,21,22,23)/p-1. The molecule has 0 amide bonds. The molecule has 0 radical (unpaired) electrons. The number of esters is 2. The predicted octanol–water partition coefficient (Wildman–Crippen LogP) is 1.53. The van der Waals surface area contributed by atoms with Crippen LogP contribution in [-0.4, -0.2) is 42.9 Å². The molecule has 6 atom stereocenters. The van der Waals surface area contributed by atoms with E-state index in [9.17, 15) is 22.6 Å². The van der Waals surface area contributed by atoms with E-state index in [0.717, 1.165) is 24.0 Å². The van der Waals surface area contributed by atoms with Crippen LogP contribution in [0.2, 0.25) is 0 Å². The van der Waals surface area contributed by atoms with E-state index in [4.69, 9.17) is 9.47 Å². The minimum absolute atomic E-state index is 0.0190. The summed E-state index contributed by atoms with van der Waals surface area (Å²) >= 11 is 0. The zero-order chi connectivity index (χ0) is 18.9. The van der Waals surface area contributed by atoms with Crippen LogP contribution in [0.15, 0.2) is 11.1 Å². The van der Waals surface area contributed by atoms with Gasteiger partial charge in [0, 0.05) is 23.0 Å². The Morgan fingerprint density at radius 2 is 2.12 bits per heavy atom. The van der Waals surface area contributed by atoms with Crippen LogP contribution in [0.3, 0.4) is 0 Å². The maximum Gasteiger partial charge on any atom is 0.310 e. The van der Waals surface area contributed by atoms with Crippen molar-refractivity contribution in [3.05, 3.63) is 11.1 Å². The first kappa shape index (κ1) is 18.0. The minimum atomic E-state index is -4.34. The number of carbonyl (C=O) groups excluding carboxylic acids is 2. The van der Waals surface area contributed by atoms with Gasteiger partial charge in [-0.15, -0.1) is 0 Å². The lowest BCUT2D eigenvalue weighted by molar-refractivity contribution is -0.161. The van der Waals surface area contributed by atoms with Crippen molar-refractivity contribution in [3.8, 4) is 0 Å². The van der Waals surface area contributed by atoms with Crippen molar-refractivity contribution in [2.24, 2.45) is 23.2 Å². The Kier molecular flexibility index (Phi) is 4.00. The lowest BCUT2D eigenvalue weighted by Gasteiger charge is -2.27. The summed E-state index contributed by atoms with van der Waals surface area (Å²) in [5, 5.41) is 0. The molecule has 2 bridgehead atoms. The predicted molar refractivity (Wildman–Crippen MR) is 88.7 cm³/mol. The largest absolute Gasteiger partial charge is 0.748 e. The molecule has 1 saturated heterocycles. The van der Waals surface area contributed by atoms with Crippen LogP contribution in [0.1, 0.15) is 46.0 Å². The van der Waals surface area contributed by atoms with E-state index in [1.54, 1.807) is 13.8 Å². The van der Waals surface area contributed by atoms with Crippen LogP contribution in [-0.2, 0) is 29.2 Å². The molecule has 144 valence electrons. The lowest BCUT2D eigenvalue weighted by atomic mass is 9.86. The highest BCUT2D eigenvalue weighted by atomic mass is 32.2. The molecule has 0 aromatic rings. The zero-order valence-corrected chi connectivity index (χ0v) is 15.7. The number of ether oxygens (including phenoxy) is 2. The average molecular weight is 383 g/mol. The van der Waals surface area contributed by atoms with Crippen molar-refractivity contribution in [2.75, 3.05) is 5.75 Å². The van der Waals surface area contributed by atoms with E-state index >= 15 is 0 Å². The molecule has 6 unspecified atom stereocenters. The Morgan fingerprint density at radius 1 is 1.38 bits per heavy atom. The van der Waals surface area contributed by atoms with Gasteiger partial charge in [-0.1, -0.05) is 18.1 Å². The summed E-state index contributed by atoms with van der Waals surface area (Å²) in [6.45, 7) is 3.55. The maximum atomic E-state index is 12.5. The SMILES string of the molecule is CC1=C(CC(=O)OC2C3CC4C(=O)OC2C4C3)CCC1(C)CS(=O)(=O)[O-]. The molecule has 4 rings (SSSR count). The van der Waals surface area contributed by atoms with Crippen LogP contribution in [0.5, 0.6) is 0 Å². The Morgan fingerprint density at radius 3 is 2.81 bits per heavy atom. The summed E-state index contributed by atoms with van der Waals surface area (Å²) in [6.07, 6.45) is 2.18. The second kappa shape index (κ2) is 5.79. The van der Waals surface area contributed by atoms with E-state index in [2.05, 4.69) is 0 Å². The third kappa shape index (κ3) is 2.87. The van der Waals surface area contributed by atoms with Gasteiger partial charge >= 0.3 is 11.9 Å². The number of fused-ring (bicyclic) bond motifs is 1. The van der Waals surface area contributed by atoms with Gasteiger partial charge in [-0.25, -0.2) is 8.42 Å². The first-order valence-electron chi connectivity index (χ1n) is 9.10. The van der Waals surface area contributed by atoms with E-state index in [-0.39, 0.29) is 48.3 Å². The summed E-state index contributed by atoms with van der Waals surface area (Å²) in [7, 11) is -4.34. The van der Waals surface area contributed by atoms with E-state index in [0.29, 0.717) is 12.8 Å². The van der Waals surface area contributed by atoms with Crippen LogP contribution in [0.4, 0.5) is 0 Å². The van der Waals surface area contributed by atoms with Gasteiger partial charge in [0.25, 0.3) is 0 Å². The number of hydrogen-bond acceptors (Lipinski definition) is 7. The van der Waals surface area contributed by atoms with Gasteiger partial charge in [0.05, 0.1) is 22.5 Å². The Hall–Kier alpha value is -1.41. The molecule has 0 spiro atoms. The quantitative estimate of drug-likeness (QED) is 0.402. The molecule has 0 aromatic heterocycles. The Balaban J connectivity index is 1.41. The van der Waals surface area contributed by atoms with E-state index < -0.39 is 21.3 Å². The second-order valence-corrected chi connectivity index (χ2v) is 9.93. The average Bonchev–Trinajstić information content (AvgIpc) is 3.19. The number of rotatable bonds is 5. The topological polar surface area (TPSA) is 110 Å². The molecule has 3 fully saturated rings. The van der Waals surface area contributed by atoms with Crippen LogP contribution >= 0.6 is 0 Å². The van der Waals surface area contributed by atoms with Crippen LogP contribution in [0, 0.1) is 23.2 Å². The highest BCUT2D eigenvalue weighted by molar-refractivity contribution is 7.85. The molecular formula is C18H23O7S-. The molecule has 4 aliphatic rings. The van der Waals surface area contributed by atoms with Gasteiger partial charge in [-0.3, -0.25) is 9.59 Å². The highest BCUT2D eigenvalue weighted by Crippen LogP contribution is 2.55.